The molecule has 0 spiro atoms. The fraction of sp³-hybridized carbons (Fsp3) is 0.696. The van der Waals surface area contributed by atoms with E-state index in [1.165, 1.54) is 57.5 Å². The van der Waals surface area contributed by atoms with Gasteiger partial charge in [-0.1, -0.05) is 30.3 Å². The molecule has 2 aliphatic rings. The quantitative estimate of drug-likeness (QED) is 0.358. The summed E-state index contributed by atoms with van der Waals surface area (Å²) in [5.41, 5.74) is 1.42. The van der Waals surface area contributed by atoms with Crippen LogP contribution in [0, 0.1) is 0 Å². The Kier molecular flexibility index (Phi) is 9.76. The Labute approximate surface area is 176 Å². The Morgan fingerprint density at radius 3 is 2.59 bits per heavy atom. The molecule has 2 N–H and O–H groups in total. The minimum absolute atomic E-state index is 0.311. The molecule has 6 nitrogen and oxygen atoms in total. The molecule has 2 aliphatic heterocycles. The van der Waals surface area contributed by atoms with Gasteiger partial charge in [0.05, 0.1) is 12.6 Å². The lowest BCUT2D eigenvalue weighted by Crippen LogP contribution is -2.46. The number of rotatable bonds is 10. The molecule has 6 heteroatoms. The van der Waals surface area contributed by atoms with E-state index in [-0.39, 0.29) is 0 Å². The monoisotopic (exact) mass is 401 g/mol. The average molecular weight is 402 g/mol. The Hall–Kier alpha value is -1.63. The number of benzene rings is 1. The Balaban J connectivity index is 1.25. The van der Waals surface area contributed by atoms with Crippen molar-refractivity contribution in [3.05, 3.63) is 35.9 Å². The molecule has 2 heterocycles. The SMILES string of the molecule is CCNC(=NCC1CCCO1)NCCCCN1CCN(Cc2ccccc2)CC1. The van der Waals surface area contributed by atoms with Crippen LogP contribution in [0.3, 0.4) is 0 Å². The van der Waals surface area contributed by atoms with Crippen LogP contribution >= 0.6 is 0 Å². The second-order valence-electron chi connectivity index (χ2n) is 8.09. The Bertz CT molecular complexity index is 580. The first-order valence-electron chi connectivity index (χ1n) is 11.5. The van der Waals surface area contributed by atoms with Gasteiger partial charge < -0.3 is 20.3 Å². The molecule has 162 valence electrons. The van der Waals surface area contributed by atoms with E-state index in [0.29, 0.717) is 6.10 Å². The molecule has 1 aromatic rings. The lowest BCUT2D eigenvalue weighted by Gasteiger charge is -2.34. The summed E-state index contributed by atoms with van der Waals surface area (Å²) < 4.78 is 5.66. The number of hydrogen-bond donors (Lipinski definition) is 2. The van der Waals surface area contributed by atoms with Gasteiger partial charge in [-0.05, 0) is 44.7 Å². The summed E-state index contributed by atoms with van der Waals surface area (Å²) in [6.07, 6.45) is 5.03. The first-order valence-corrected chi connectivity index (χ1v) is 11.5. The van der Waals surface area contributed by atoms with Gasteiger partial charge in [-0.3, -0.25) is 9.89 Å². The third-order valence-electron chi connectivity index (χ3n) is 5.73. The minimum atomic E-state index is 0.311. The lowest BCUT2D eigenvalue weighted by atomic mass is 10.2. The third-order valence-corrected chi connectivity index (χ3v) is 5.73. The van der Waals surface area contributed by atoms with Crippen molar-refractivity contribution in [1.29, 1.82) is 0 Å². The molecule has 0 radical (unpaired) electrons. The first kappa shape index (κ1) is 22.1. The van der Waals surface area contributed by atoms with Crippen LogP contribution in [0.2, 0.25) is 0 Å². The highest BCUT2D eigenvalue weighted by molar-refractivity contribution is 5.79. The maximum absolute atomic E-state index is 5.66. The fourth-order valence-electron chi connectivity index (χ4n) is 4.00. The van der Waals surface area contributed by atoms with Gasteiger partial charge >= 0.3 is 0 Å². The van der Waals surface area contributed by atoms with E-state index in [4.69, 9.17) is 4.74 Å². The summed E-state index contributed by atoms with van der Waals surface area (Å²) in [4.78, 5) is 9.86. The molecule has 2 fully saturated rings. The normalized spacial score (nSPS) is 21.4. The van der Waals surface area contributed by atoms with Crippen molar-refractivity contribution < 1.29 is 4.74 Å². The first-order chi connectivity index (χ1) is 14.3. The summed E-state index contributed by atoms with van der Waals surface area (Å²) in [6, 6.07) is 10.8. The van der Waals surface area contributed by atoms with Gasteiger partial charge in [-0.25, -0.2) is 0 Å². The third kappa shape index (κ3) is 8.33. The van der Waals surface area contributed by atoms with E-state index in [2.05, 4.69) is 62.7 Å². The van der Waals surface area contributed by atoms with Crippen molar-refractivity contribution in [2.75, 3.05) is 59.0 Å². The van der Waals surface area contributed by atoms with Crippen molar-refractivity contribution >= 4 is 5.96 Å². The summed E-state index contributed by atoms with van der Waals surface area (Å²) in [6.45, 7) is 12.6. The molecule has 0 aromatic heterocycles. The van der Waals surface area contributed by atoms with E-state index in [1.807, 2.05) is 0 Å². The zero-order valence-corrected chi connectivity index (χ0v) is 18.1. The molecule has 1 atom stereocenters. The van der Waals surface area contributed by atoms with E-state index < -0.39 is 0 Å². The van der Waals surface area contributed by atoms with Crippen LogP contribution in [0.4, 0.5) is 0 Å². The van der Waals surface area contributed by atoms with Crippen LogP contribution in [-0.2, 0) is 11.3 Å². The largest absolute Gasteiger partial charge is 0.376 e. The molecule has 0 bridgehead atoms. The molecule has 2 saturated heterocycles. The lowest BCUT2D eigenvalue weighted by molar-refractivity contribution is 0.117. The number of unbranched alkanes of at least 4 members (excludes halogenated alkanes) is 1. The van der Waals surface area contributed by atoms with Crippen LogP contribution in [-0.4, -0.2) is 80.8 Å². The Morgan fingerprint density at radius 2 is 1.86 bits per heavy atom. The Morgan fingerprint density at radius 1 is 1.07 bits per heavy atom. The van der Waals surface area contributed by atoms with Crippen molar-refractivity contribution in [2.24, 2.45) is 4.99 Å². The van der Waals surface area contributed by atoms with Crippen LogP contribution < -0.4 is 10.6 Å². The van der Waals surface area contributed by atoms with E-state index in [0.717, 1.165) is 45.2 Å². The second kappa shape index (κ2) is 12.8. The van der Waals surface area contributed by atoms with Gasteiger partial charge in [0.2, 0.25) is 0 Å². The number of nitrogens with one attached hydrogen (secondary N) is 2. The van der Waals surface area contributed by atoms with Gasteiger partial charge in [-0.15, -0.1) is 0 Å². The van der Waals surface area contributed by atoms with E-state index in [1.54, 1.807) is 0 Å². The highest BCUT2D eigenvalue weighted by atomic mass is 16.5. The molecule has 1 aromatic carbocycles. The second-order valence-corrected chi connectivity index (χ2v) is 8.09. The van der Waals surface area contributed by atoms with Crippen LogP contribution in [0.15, 0.2) is 35.3 Å². The van der Waals surface area contributed by atoms with Crippen molar-refractivity contribution in [3.63, 3.8) is 0 Å². The molecule has 1 unspecified atom stereocenters. The molecular formula is C23H39N5O. The number of ether oxygens (including phenoxy) is 1. The zero-order valence-electron chi connectivity index (χ0n) is 18.1. The molecule has 3 rings (SSSR count). The van der Waals surface area contributed by atoms with Gasteiger partial charge in [0, 0.05) is 52.4 Å². The van der Waals surface area contributed by atoms with Crippen molar-refractivity contribution in [1.82, 2.24) is 20.4 Å². The zero-order chi connectivity index (χ0) is 20.2. The molecule has 29 heavy (non-hydrogen) atoms. The van der Waals surface area contributed by atoms with Crippen LogP contribution in [0.5, 0.6) is 0 Å². The van der Waals surface area contributed by atoms with Crippen LogP contribution in [0.25, 0.3) is 0 Å². The van der Waals surface area contributed by atoms with E-state index in [9.17, 15) is 0 Å². The summed E-state index contributed by atoms with van der Waals surface area (Å²) in [5, 5.41) is 6.81. The highest BCUT2D eigenvalue weighted by Gasteiger charge is 2.17. The number of piperazine rings is 1. The van der Waals surface area contributed by atoms with Crippen molar-refractivity contribution in [3.8, 4) is 0 Å². The minimum Gasteiger partial charge on any atom is -0.376 e. The topological polar surface area (TPSA) is 52.1 Å². The average Bonchev–Trinajstić information content (AvgIpc) is 3.27. The summed E-state index contributed by atoms with van der Waals surface area (Å²) in [5.74, 6) is 0.928. The smallest absolute Gasteiger partial charge is 0.191 e. The molecule has 0 amide bonds. The standard InChI is InChI=1S/C23H39N5O/c1-2-24-23(26-19-22-11-8-18-29-22)25-12-6-7-13-27-14-16-28(17-15-27)20-21-9-4-3-5-10-21/h3-5,9-10,22H,2,6-8,11-20H2,1H3,(H2,24,25,26). The molecular weight excluding hydrogens is 362 g/mol. The van der Waals surface area contributed by atoms with Gasteiger partial charge in [0.25, 0.3) is 0 Å². The number of nitrogens with zero attached hydrogens (tertiary/aromatic N) is 3. The van der Waals surface area contributed by atoms with Crippen molar-refractivity contribution in [2.45, 2.75) is 45.3 Å². The predicted octanol–water partition coefficient (Wildman–Crippen LogP) is 2.32. The fourth-order valence-corrected chi connectivity index (χ4v) is 4.00. The number of aliphatic imine (C=N–C) groups is 1. The summed E-state index contributed by atoms with van der Waals surface area (Å²) in [7, 11) is 0. The number of hydrogen-bond acceptors (Lipinski definition) is 4. The maximum Gasteiger partial charge on any atom is 0.191 e. The maximum atomic E-state index is 5.66. The molecule has 0 aliphatic carbocycles. The van der Waals surface area contributed by atoms with E-state index >= 15 is 0 Å². The molecule has 0 saturated carbocycles. The van der Waals surface area contributed by atoms with Gasteiger partial charge in [-0.2, -0.15) is 0 Å². The highest BCUT2D eigenvalue weighted by Crippen LogP contribution is 2.12. The van der Waals surface area contributed by atoms with Gasteiger partial charge in [0.1, 0.15) is 0 Å². The summed E-state index contributed by atoms with van der Waals surface area (Å²) >= 11 is 0. The van der Waals surface area contributed by atoms with Crippen LogP contribution in [0.1, 0.15) is 38.2 Å². The van der Waals surface area contributed by atoms with Gasteiger partial charge in [0.15, 0.2) is 5.96 Å². The predicted molar refractivity (Wildman–Crippen MR) is 120 cm³/mol. The number of guanidine groups is 1.